The number of rotatable bonds is 0. The summed E-state index contributed by atoms with van der Waals surface area (Å²) in [6.07, 6.45) is 0. The van der Waals surface area contributed by atoms with Crippen molar-refractivity contribution in [3.8, 4) is 0 Å². The van der Waals surface area contributed by atoms with Crippen LogP contribution in [0.5, 0.6) is 0 Å². The molecule has 0 radical (unpaired) electrons. The summed E-state index contributed by atoms with van der Waals surface area (Å²) in [6.45, 7) is 8.57. The van der Waals surface area contributed by atoms with E-state index in [1.807, 2.05) is 0 Å². The van der Waals surface area contributed by atoms with Crippen molar-refractivity contribution in [1.29, 1.82) is 0 Å². The van der Waals surface area contributed by atoms with Gasteiger partial charge in [-0.2, -0.15) is 0 Å². The second-order valence-electron chi connectivity index (χ2n) is 3.00. The standard InChI is InChI=1S/C8H20N4.Os/c1-2-10-5-6-12-8-7-11-4-3-9-1;/h9-12H,1-8H2;. The topological polar surface area (TPSA) is 48.1 Å². The van der Waals surface area contributed by atoms with Crippen molar-refractivity contribution in [3.05, 3.63) is 0 Å². The van der Waals surface area contributed by atoms with Crippen LogP contribution in [0.4, 0.5) is 0 Å². The van der Waals surface area contributed by atoms with E-state index >= 15 is 0 Å². The maximum Gasteiger partial charge on any atom is 0.00772 e. The second-order valence-corrected chi connectivity index (χ2v) is 3.00. The Morgan fingerprint density at radius 2 is 0.538 bits per heavy atom. The Hall–Kier alpha value is 0.476. The van der Waals surface area contributed by atoms with Crippen LogP contribution in [-0.4, -0.2) is 52.4 Å². The molecule has 0 aromatic carbocycles. The van der Waals surface area contributed by atoms with Gasteiger partial charge >= 0.3 is 0 Å². The summed E-state index contributed by atoms with van der Waals surface area (Å²) in [5, 5.41) is 13.4. The van der Waals surface area contributed by atoms with Crippen molar-refractivity contribution < 1.29 is 19.8 Å². The van der Waals surface area contributed by atoms with Gasteiger partial charge in [0.15, 0.2) is 0 Å². The van der Waals surface area contributed by atoms with Crippen LogP contribution in [0, 0.1) is 0 Å². The van der Waals surface area contributed by atoms with E-state index in [9.17, 15) is 0 Å². The van der Waals surface area contributed by atoms with E-state index in [1.54, 1.807) is 0 Å². The molecule has 1 fully saturated rings. The van der Waals surface area contributed by atoms with Crippen LogP contribution in [0.2, 0.25) is 0 Å². The first-order chi connectivity index (χ1) is 6.00. The number of hydrogen-bond acceptors (Lipinski definition) is 4. The van der Waals surface area contributed by atoms with Gasteiger partial charge in [-0.25, -0.2) is 0 Å². The Kier molecular flexibility index (Phi) is 10.9. The summed E-state index contributed by atoms with van der Waals surface area (Å²) in [4.78, 5) is 0. The molecule has 0 spiro atoms. The third-order valence-electron chi connectivity index (χ3n) is 1.91. The van der Waals surface area contributed by atoms with Crippen LogP contribution in [-0.2, 0) is 19.8 Å². The van der Waals surface area contributed by atoms with Crippen LogP contribution in [0.1, 0.15) is 0 Å². The van der Waals surface area contributed by atoms with Crippen LogP contribution >= 0.6 is 0 Å². The molecule has 13 heavy (non-hydrogen) atoms. The van der Waals surface area contributed by atoms with Gasteiger partial charge < -0.3 is 21.3 Å². The Morgan fingerprint density at radius 1 is 0.385 bits per heavy atom. The summed E-state index contributed by atoms with van der Waals surface area (Å²) < 4.78 is 0. The molecule has 0 saturated carbocycles. The molecule has 0 bridgehead atoms. The third-order valence-corrected chi connectivity index (χ3v) is 1.91. The van der Waals surface area contributed by atoms with Crippen LogP contribution in [0.25, 0.3) is 0 Å². The van der Waals surface area contributed by atoms with Crippen molar-refractivity contribution >= 4 is 0 Å². The molecule has 5 heteroatoms. The van der Waals surface area contributed by atoms with Gasteiger partial charge in [-0.15, -0.1) is 0 Å². The Bertz CT molecular complexity index is 59.1. The second kappa shape index (κ2) is 10.6. The average molecular weight is 363 g/mol. The molecule has 1 rings (SSSR count). The summed E-state index contributed by atoms with van der Waals surface area (Å²) >= 11 is 0. The fraction of sp³-hybridized carbons (Fsp3) is 1.00. The van der Waals surface area contributed by atoms with Crippen molar-refractivity contribution in [2.75, 3.05) is 52.4 Å². The first-order valence-corrected chi connectivity index (χ1v) is 4.83. The molecule has 80 valence electrons. The van der Waals surface area contributed by atoms with Crippen molar-refractivity contribution in [2.45, 2.75) is 0 Å². The third kappa shape index (κ3) is 8.80. The quantitative estimate of drug-likeness (QED) is 0.417. The summed E-state index contributed by atoms with van der Waals surface area (Å²) in [7, 11) is 0. The molecular formula is C8H20N4Os. The number of nitrogens with one attached hydrogen (secondary N) is 4. The molecule has 0 aromatic rings. The Labute approximate surface area is 93.7 Å². The maximum absolute atomic E-state index is 3.36. The first-order valence-electron chi connectivity index (χ1n) is 4.83. The molecule has 4 nitrogen and oxygen atoms in total. The smallest absolute Gasteiger partial charge is 0.00772 e. The zero-order valence-electron chi connectivity index (χ0n) is 8.01. The normalized spacial score (nSPS) is 22.2. The fourth-order valence-corrected chi connectivity index (χ4v) is 1.21. The first kappa shape index (κ1) is 13.5. The minimum Gasteiger partial charge on any atom is -0.314 e. The molecule has 0 amide bonds. The van der Waals surface area contributed by atoms with Gasteiger partial charge in [-0.1, -0.05) is 0 Å². The summed E-state index contributed by atoms with van der Waals surface area (Å²) in [5.41, 5.74) is 0. The van der Waals surface area contributed by atoms with Crippen molar-refractivity contribution in [1.82, 2.24) is 21.3 Å². The van der Waals surface area contributed by atoms with E-state index in [2.05, 4.69) is 21.3 Å². The maximum atomic E-state index is 3.36. The molecule has 1 heterocycles. The van der Waals surface area contributed by atoms with Gasteiger partial charge in [0.1, 0.15) is 0 Å². The van der Waals surface area contributed by atoms with E-state index in [1.165, 1.54) is 0 Å². The molecule has 1 aliphatic rings. The van der Waals surface area contributed by atoms with Gasteiger partial charge in [0.2, 0.25) is 0 Å². The van der Waals surface area contributed by atoms with Crippen molar-refractivity contribution in [2.24, 2.45) is 0 Å². The largest absolute Gasteiger partial charge is 0.314 e. The molecule has 0 aliphatic carbocycles. The zero-order chi connectivity index (χ0) is 8.49. The monoisotopic (exact) mass is 364 g/mol. The van der Waals surface area contributed by atoms with Gasteiger partial charge in [0, 0.05) is 72.1 Å². The molecule has 0 atom stereocenters. The molecule has 0 unspecified atom stereocenters. The zero-order valence-corrected chi connectivity index (χ0v) is 10.6. The summed E-state index contributed by atoms with van der Waals surface area (Å²) in [5.74, 6) is 0. The minimum absolute atomic E-state index is 0. The minimum atomic E-state index is 0. The predicted molar refractivity (Wildman–Crippen MR) is 51.5 cm³/mol. The Balaban J connectivity index is 0.00000144. The van der Waals surface area contributed by atoms with E-state index in [0.717, 1.165) is 52.4 Å². The van der Waals surface area contributed by atoms with Gasteiger partial charge in [0.05, 0.1) is 0 Å². The van der Waals surface area contributed by atoms with Gasteiger partial charge in [-0.05, 0) is 0 Å². The van der Waals surface area contributed by atoms with E-state index in [0.29, 0.717) is 0 Å². The molecule has 1 aliphatic heterocycles. The van der Waals surface area contributed by atoms with E-state index in [-0.39, 0.29) is 19.8 Å². The fourth-order valence-electron chi connectivity index (χ4n) is 1.21. The van der Waals surface area contributed by atoms with Gasteiger partial charge in [0.25, 0.3) is 0 Å². The van der Waals surface area contributed by atoms with Gasteiger partial charge in [-0.3, -0.25) is 0 Å². The average Bonchev–Trinajstić information content (AvgIpc) is 2.05. The van der Waals surface area contributed by atoms with Crippen molar-refractivity contribution in [3.63, 3.8) is 0 Å². The number of hydrogen-bond donors (Lipinski definition) is 4. The van der Waals surface area contributed by atoms with Crippen LogP contribution in [0.15, 0.2) is 0 Å². The van der Waals surface area contributed by atoms with E-state index < -0.39 is 0 Å². The molecular weight excluding hydrogens is 342 g/mol. The molecule has 4 N–H and O–H groups in total. The van der Waals surface area contributed by atoms with E-state index in [4.69, 9.17) is 0 Å². The summed E-state index contributed by atoms with van der Waals surface area (Å²) in [6, 6.07) is 0. The predicted octanol–water partition coefficient (Wildman–Crippen LogP) is -1.64. The SMILES string of the molecule is C1CNCCNCCNCCN1.[Os]. The molecule has 1 saturated heterocycles. The molecule has 0 aromatic heterocycles. The van der Waals surface area contributed by atoms with Crippen LogP contribution < -0.4 is 21.3 Å². The van der Waals surface area contributed by atoms with Crippen LogP contribution in [0.3, 0.4) is 0 Å². The Morgan fingerprint density at radius 3 is 0.692 bits per heavy atom.